The van der Waals surface area contributed by atoms with E-state index in [0.717, 1.165) is 12.1 Å². The van der Waals surface area contributed by atoms with Crippen molar-refractivity contribution in [2.24, 2.45) is 5.92 Å². The minimum absolute atomic E-state index is 0.176. The number of imidazole rings is 1. The molecule has 1 aromatic heterocycles. The van der Waals surface area contributed by atoms with Crippen LogP contribution in [0, 0.1) is 5.92 Å². The number of carbonyl (C=O) groups is 1. The highest BCUT2D eigenvalue weighted by Crippen LogP contribution is 2.46. The van der Waals surface area contributed by atoms with Crippen molar-refractivity contribution in [3.8, 4) is 0 Å². The minimum atomic E-state index is -0.704. The van der Waals surface area contributed by atoms with E-state index in [4.69, 9.17) is 5.11 Å². The van der Waals surface area contributed by atoms with E-state index >= 15 is 0 Å². The first-order valence-electron chi connectivity index (χ1n) is 3.50. The Hall–Kier alpha value is -1.32. The molecule has 0 aromatic carbocycles. The first-order valence-corrected chi connectivity index (χ1v) is 3.50. The van der Waals surface area contributed by atoms with Gasteiger partial charge < -0.3 is 10.1 Å². The number of carboxylic acids is 1. The fraction of sp³-hybridized carbons (Fsp3) is 0.429. The lowest BCUT2D eigenvalue weighted by Crippen LogP contribution is -1.98. The van der Waals surface area contributed by atoms with Gasteiger partial charge in [-0.2, -0.15) is 0 Å². The number of carboxylic acid groups (broad SMARTS) is 1. The number of hydrogen-bond donors (Lipinski definition) is 2. The molecule has 1 fully saturated rings. The van der Waals surface area contributed by atoms with Gasteiger partial charge in [0.25, 0.3) is 0 Å². The van der Waals surface area contributed by atoms with Crippen LogP contribution in [0.1, 0.15) is 18.0 Å². The summed E-state index contributed by atoms with van der Waals surface area (Å²) in [5.41, 5.74) is 0.942. The van der Waals surface area contributed by atoms with E-state index in [1.807, 2.05) is 0 Å². The molecule has 1 saturated carbocycles. The van der Waals surface area contributed by atoms with Gasteiger partial charge in [-0.15, -0.1) is 0 Å². The van der Waals surface area contributed by atoms with Crippen LogP contribution in [0.4, 0.5) is 0 Å². The average molecular weight is 152 g/mol. The highest BCUT2D eigenvalue weighted by atomic mass is 16.4. The van der Waals surface area contributed by atoms with Gasteiger partial charge in [-0.1, -0.05) is 0 Å². The number of aliphatic carboxylic acids is 1. The number of aromatic amines is 1. The van der Waals surface area contributed by atoms with E-state index in [1.165, 1.54) is 0 Å². The Bertz CT molecular complexity index is 268. The number of hydrogen-bond acceptors (Lipinski definition) is 2. The fourth-order valence-corrected chi connectivity index (χ4v) is 1.28. The smallest absolute Gasteiger partial charge is 0.307 e. The van der Waals surface area contributed by atoms with Crippen molar-refractivity contribution in [2.45, 2.75) is 12.3 Å². The molecule has 1 aliphatic carbocycles. The van der Waals surface area contributed by atoms with Gasteiger partial charge in [0.15, 0.2) is 0 Å². The van der Waals surface area contributed by atoms with Gasteiger partial charge in [0, 0.05) is 17.8 Å². The summed E-state index contributed by atoms with van der Waals surface area (Å²) in [5.74, 6) is -0.713. The summed E-state index contributed by atoms with van der Waals surface area (Å²) in [7, 11) is 0. The maximum atomic E-state index is 10.4. The van der Waals surface area contributed by atoms with Gasteiger partial charge in [0.05, 0.1) is 12.2 Å². The molecule has 11 heavy (non-hydrogen) atoms. The zero-order valence-corrected chi connectivity index (χ0v) is 5.82. The molecule has 4 nitrogen and oxygen atoms in total. The molecule has 58 valence electrons. The Morgan fingerprint density at radius 1 is 1.82 bits per heavy atom. The molecule has 0 aliphatic heterocycles. The lowest BCUT2D eigenvalue weighted by atomic mass is 10.2. The number of rotatable bonds is 2. The number of nitrogens with zero attached hydrogens (tertiary/aromatic N) is 1. The Kier molecular flexibility index (Phi) is 1.21. The zero-order valence-electron chi connectivity index (χ0n) is 5.82. The predicted octanol–water partition coefficient (Wildman–Crippen LogP) is 0.598. The molecular weight excluding hydrogens is 144 g/mol. The normalized spacial score (nSPS) is 28.4. The van der Waals surface area contributed by atoms with Crippen molar-refractivity contribution in [1.82, 2.24) is 9.97 Å². The van der Waals surface area contributed by atoms with Gasteiger partial charge in [-0.05, 0) is 6.42 Å². The van der Waals surface area contributed by atoms with E-state index < -0.39 is 5.97 Å². The first-order chi connectivity index (χ1) is 5.29. The van der Waals surface area contributed by atoms with Gasteiger partial charge >= 0.3 is 5.97 Å². The molecule has 0 radical (unpaired) electrons. The Labute approximate surface area is 63.3 Å². The molecule has 2 atom stereocenters. The maximum absolute atomic E-state index is 10.4. The van der Waals surface area contributed by atoms with Gasteiger partial charge in [0.1, 0.15) is 0 Å². The van der Waals surface area contributed by atoms with Crippen LogP contribution in [0.15, 0.2) is 12.5 Å². The molecule has 1 aromatic rings. The lowest BCUT2D eigenvalue weighted by Gasteiger charge is -1.89. The van der Waals surface area contributed by atoms with E-state index in [1.54, 1.807) is 12.5 Å². The summed E-state index contributed by atoms with van der Waals surface area (Å²) < 4.78 is 0. The van der Waals surface area contributed by atoms with Crippen LogP contribution in [0.5, 0.6) is 0 Å². The van der Waals surface area contributed by atoms with E-state index in [0.29, 0.717) is 0 Å². The predicted molar refractivity (Wildman–Crippen MR) is 37.1 cm³/mol. The number of nitrogens with one attached hydrogen (secondary N) is 1. The zero-order chi connectivity index (χ0) is 7.84. The SMILES string of the molecule is O=C(O)[C@H]1C[C@H]1c1cnc[nH]1. The van der Waals surface area contributed by atoms with Crippen LogP contribution < -0.4 is 0 Å². The molecule has 2 N–H and O–H groups in total. The number of aromatic nitrogens is 2. The van der Waals surface area contributed by atoms with Crippen molar-refractivity contribution in [3.63, 3.8) is 0 Å². The molecule has 0 saturated heterocycles. The van der Waals surface area contributed by atoms with Crippen molar-refractivity contribution in [3.05, 3.63) is 18.2 Å². The summed E-state index contributed by atoms with van der Waals surface area (Å²) >= 11 is 0. The standard InChI is InChI=1S/C7H8N2O2/c10-7(11)5-1-4(5)6-2-8-3-9-6/h2-5H,1H2,(H,8,9)(H,10,11)/t4-,5+/m1/s1. The minimum Gasteiger partial charge on any atom is -0.481 e. The molecule has 0 unspecified atom stereocenters. The fourth-order valence-electron chi connectivity index (χ4n) is 1.28. The average Bonchev–Trinajstić information content (AvgIpc) is 2.60. The summed E-state index contributed by atoms with van der Waals surface area (Å²) in [6.07, 6.45) is 4.01. The largest absolute Gasteiger partial charge is 0.481 e. The Morgan fingerprint density at radius 3 is 3.09 bits per heavy atom. The monoisotopic (exact) mass is 152 g/mol. The van der Waals surface area contributed by atoms with Gasteiger partial charge in [-0.3, -0.25) is 4.79 Å². The summed E-state index contributed by atoms with van der Waals surface area (Å²) in [4.78, 5) is 17.2. The van der Waals surface area contributed by atoms with Gasteiger partial charge in [0.2, 0.25) is 0 Å². The highest BCUT2D eigenvalue weighted by Gasteiger charge is 2.44. The van der Waals surface area contributed by atoms with Crippen molar-refractivity contribution < 1.29 is 9.90 Å². The number of H-pyrrole nitrogens is 1. The van der Waals surface area contributed by atoms with Crippen LogP contribution in [-0.4, -0.2) is 21.0 Å². The van der Waals surface area contributed by atoms with E-state index in [-0.39, 0.29) is 11.8 Å². The van der Waals surface area contributed by atoms with E-state index in [2.05, 4.69) is 9.97 Å². The lowest BCUT2D eigenvalue weighted by molar-refractivity contribution is -0.138. The quantitative estimate of drug-likeness (QED) is 0.652. The molecule has 0 bridgehead atoms. The molecule has 1 heterocycles. The highest BCUT2D eigenvalue weighted by molar-refractivity contribution is 5.74. The van der Waals surface area contributed by atoms with Crippen molar-refractivity contribution >= 4 is 5.97 Å². The second-order valence-electron chi connectivity index (χ2n) is 2.79. The van der Waals surface area contributed by atoms with Crippen LogP contribution in [0.25, 0.3) is 0 Å². The van der Waals surface area contributed by atoms with Crippen LogP contribution in [0.2, 0.25) is 0 Å². The topological polar surface area (TPSA) is 66.0 Å². The molecule has 4 heteroatoms. The van der Waals surface area contributed by atoms with Gasteiger partial charge in [-0.25, -0.2) is 4.98 Å². The third kappa shape index (κ3) is 1.00. The summed E-state index contributed by atoms with van der Waals surface area (Å²) in [5, 5.41) is 8.59. The molecular formula is C7H8N2O2. The van der Waals surface area contributed by atoms with Crippen molar-refractivity contribution in [1.29, 1.82) is 0 Å². The second-order valence-corrected chi connectivity index (χ2v) is 2.79. The first kappa shape index (κ1) is 6.39. The Balaban J connectivity index is 2.08. The van der Waals surface area contributed by atoms with E-state index in [9.17, 15) is 4.79 Å². The van der Waals surface area contributed by atoms with Crippen LogP contribution >= 0.6 is 0 Å². The van der Waals surface area contributed by atoms with Crippen molar-refractivity contribution in [2.75, 3.05) is 0 Å². The second kappa shape index (κ2) is 2.08. The summed E-state index contributed by atoms with van der Waals surface area (Å²) in [6, 6.07) is 0. The molecule has 0 amide bonds. The maximum Gasteiger partial charge on any atom is 0.307 e. The third-order valence-electron chi connectivity index (χ3n) is 2.03. The molecule has 2 rings (SSSR count). The van der Waals surface area contributed by atoms with Crippen LogP contribution in [0.3, 0.4) is 0 Å². The Morgan fingerprint density at radius 2 is 2.64 bits per heavy atom. The molecule has 0 spiro atoms. The van der Waals surface area contributed by atoms with Crippen LogP contribution in [-0.2, 0) is 4.79 Å². The summed E-state index contributed by atoms with van der Waals surface area (Å²) in [6.45, 7) is 0. The third-order valence-corrected chi connectivity index (χ3v) is 2.03. The molecule has 1 aliphatic rings.